The maximum absolute atomic E-state index is 11.8. The highest BCUT2D eigenvalue weighted by atomic mass is 79.9. The lowest BCUT2D eigenvalue weighted by molar-refractivity contribution is -0.119. The van der Waals surface area contributed by atoms with E-state index in [1.54, 1.807) is 0 Å². The van der Waals surface area contributed by atoms with Gasteiger partial charge in [0.1, 0.15) is 0 Å². The number of anilines is 1. The lowest BCUT2D eigenvalue weighted by Gasteiger charge is -2.07. The zero-order chi connectivity index (χ0) is 12.4. The van der Waals surface area contributed by atoms with Crippen LogP contribution in [0.3, 0.4) is 0 Å². The Morgan fingerprint density at radius 1 is 1.59 bits per heavy atom. The molecule has 17 heavy (non-hydrogen) atoms. The van der Waals surface area contributed by atoms with Crippen LogP contribution in [0.5, 0.6) is 0 Å². The van der Waals surface area contributed by atoms with Crippen molar-refractivity contribution in [3.8, 4) is 0 Å². The molecule has 0 saturated heterocycles. The van der Waals surface area contributed by atoms with E-state index in [1.165, 1.54) is 0 Å². The maximum Gasteiger partial charge on any atom is 0.228 e. The van der Waals surface area contributed by atoms with Crippen molar-refractivity contribution >= 4 is 38.6 Å². The molecular formula is C12H13BrN2O2. The van der Waals surface area contributed by atoms with Gasteiger partial charge in [-0.15, -0.1) is 0 Å². The molecule has 1 atom stereocenters. The Morgan fingerprint density at radius 3 is 3.06 bits per heavy atom. The van der Waals surface area contributed by atoms with Crippen LogP contribution in [0.15, 0.2) is 27.2 Å². The maximum atomic E-state index is 11.8. The normalized spacial score (nSPS) is 12.6. The van der Waals surface area contributed by atoms with Crippen molar-refractivity contribution in [2.75, 3.05) is 5.32 Å². The average Bonchev–Trinajstić information content (AvgIpc) is 2.70. The van der Waals surface area contributed by atoms with Crippen molar-refractivity contribution in [1.29, 1.82) is 0 Å². The molecule has 0 aliphatic heterocycles. The van der Waals surface area contributed by atoms with Gasteiger partial charge in [0.15, 0.2) is 11.4 Å². The van der Waals surface area contributed by atoms with Crippen molar-refractivity contribution in [2.24, 2.45) is 5.92 Å². The van der Waals surface area contributed by atoms with Crippen LogP contribution in [-0.4, -0.2) is 11.1 Å². The predicted octanol–water partition coefficient (Wildman–Crippen LogP) is 3.57. The smallest absolute Gasteiger partial charge is 0.228 e. The Labute approximate surface area is 107 Å². The standard InChI is InChI=1S/C12H13BrN2O2/c1-3-7(2)12(16)14-11-9-5-4-8(13)6-10(9)17-15-11/h4-7H,3H2,1-2H3,(H,14,15,16). The number of aromatic nitrogens is 1. The van der Waals surface area contributed by atoms with Crippen LogP contribution >= 0.6 is 15.9 Å². The molecule has 0 saturated carbocycles. The van der Waals surface area contributed by atoms with Crippen molar-refractivity contribution in [3.05, 3.63) is 22.7 Å². The van der Waals surface area contributed by atoms with Crippen LogP contribution in [0.25, 0.3) is 11.0 Å². The van der Waals surface area contributed by atoms with Gasteiger partial charge in [0, 0.05) is 10.4 Å². The van der Waals surface area contributed by atoms with Crippen LogP contribution in [0.2, 0.25) is 0 Å². The highest BCUT2D eigenvalue weighted by molar-refractivity contribution is 9.10. The van der Waals surface area contributed by atoms with Crippen molar-refractivity contribution < 1.29 is 9.32 Å². The lowest BCUT2D eigenvalue weighted by Crippen LogP contribution is -2.19. The number of hydrogen-bond acceptors (Lipinski definition) is 3. The van der Waals surface area contributed by atoms with E-state index < -0.39 is 0 Å². The molecule has 1 N–H and O–H groups in total. The SMILES string of the molecule is CCC(C)C(=O)Nc1noc2cc(Br)ccc12. The first-order valence-corrected chi connectivity index (χ1v) is 6.27. The summed E-state index contributed by atoms with van der Waals surface area (Å²) in [5.74, 6) is 0.417. The van der Waals surface area contributed by atoms with Gasteiger partial charge < -0.3 is 9.84 Å². The van der Waals surface area contributed by atoms with E-state index in [0.717, 1.165) is 16.3 Å². The summed E-state index contributed by atoms with van der Waals surface area (Å²) < 4.78 is 6.07. The summed E-state index contributed by atoms with van der Waals surface area (Å²) in [7, 11) is 0. The van der Waals surface area contributed by atoms with Crippen LogP contribution in [0.1, 0.15) is 20.3 Å². The van der Waals surface area contributed by atoms with Crippen molar-refractivity contribution in [1.82, 2.24) is 5.16 Å². The van der Waals surface area contributed by atoms with Crippen molar-refractivity contribution in [2.45, 2.75) is 20.3 Å². The molecule has 2 aromatic rings. The summed E-state index contributed by atoms with van der Waals surface area (Å²) in [5.41, 5.74) is 0.652. The van der Waals surface area contributed by atoms with E-state index in [1.807, 2.05) is 32.0 Å². The molecule has 90 valence electrons. The van der Waals surface area contributed by atoms with E-state index >= 15 is 0 Å². The average molecular weight is 297 g/mol. The minimum Gasteiger partial charge on any atom is -0.354 e. The van der Waals surface area contributed by atoms with Gasteiger partial charge in [-0.2, -0.15) is 0 Å². The second kappa shape index (κ2) is 4.87. The topological polar surface area (TPSA) is 55.1 Å². The summed E-state index contributed by atoms with van der Waals surface area (Å²) in [6.07, 6.45) is 0.799. The minimum atomic E-state index is -0.0365. The first kappa shape index (κ1) is 12.1. The Bertz CT molecular complexity index is 550. The molecule has 1 aromatic heterocycles. The fourth-order valence-corrected chi connectivity index (χ4v) is 1.77. The van der Waals surface area contributed by atoms with Crippen LogP contribution < -0.4 is 5.32 Å². The molecule has 1 amide bonds. The molecule has 1 unspecified atom stereocenters. The lowest BCUT2D eigenvalue weighted by atomic mass is 10.1. The summed E-state index contributed by atoms with van der Waals surface area (Å²) in [6.45, 7) is 3.86. The van der Waals surface area contributed by atoms with E-state index in [0.29, 0.717) is 11.4 Å². The van der Waals surface area contributed by atoms with Gasteiger partial charge in [-0.3, -0.25) is 4.79 Å². The summed E-state index contributed by atoms with van der Waals surface area (Å²) >= 11 is 3.35. The monoisotopic (exact) mass is 296 g/mol. The molecule has 0 spiro atoms. The highest BCUT2D eigenvalue weighted by Crippen LogP contribution is 2.26. The van der Waals surface area contributed by atoms with Crippen molar-refractivity contribution in [3.63, 3.8) is 0 Å². The van der Waals surface area contributed by atoms with Gasteiger partial charge >= 0.3 is 0 Å². The van der Waals surface area contributed by atoms with Gasteiger partial charge in [-0.1, -0.05) is 34.9 Å². The first-order chi connectivity index (χ1) is 8.11. The largest absolute Gasteiger partial charge is 0.354 e. The third kappa shape index (κ3) is 2.49. The zero-order valence-electron chi connectivity index (χ0n) is 9.66. The Balaban J connectivity index is 2.28. The molecule has 0 aliphatic rings. The fraction of sp³-hybridized carbons (Fsp3) is 0.333. The predicted molar refractivity (Wildman–Crippen MR) is 69.8 cm³/mol. The van der Waals surface area contributed by atoms with E-state index in [2.05, 4.69) is 26.4 Å². The minimum absolute atomic E-state index is 0.0304. The molecular weight excluding hydrogens is 284 g/mol. The molecule has 4 nitrogen and oxygen atoms in total. The molecule has 0 fully saturated rings. The van der Waals surface area contributed by atoms with Gasteiger partial charge in [0.2, 0.25) is 5.91 Å². The summed E-state index contributed by atoms with van der Waals surface area (Å²) in [6, 6.07) is 5.57. The number of nitrogens with zero attached hydrogens (tertiary/aromatic N) is 1. The third-order valence-corrected chi connectivity index (χ3v) is 3.23. The fourth-order valence-electron chi connectivity index (χ4n) is 1.43. The number of carbonyl (C=O) groups is 1. The Kier molecular flexibility index (Phi) is 3.47. The van der Waals surface area contributed by atoms with Gasteiger partial charge in [0.05, 0.1) is 5.39 Å². The second-order valence-corrected chi connectivity index (χ2v) is 4.89. The van der Waals surface area contributed by atoms with Crippen LogP contribution in [-0.2, 0) is 4.79 Å². The third-order valence-electron chi connectivity index (χ3n) is 2.74. The van der Waals surface area contributed by atoms with E-state index in [4.69, 9.17) is 4.52 Å². The van der Waals surface area contributed by atoms with Gasteiger partial charge in [-0.05, 0) is 24.6 Å². The first-order valence-electron chi connectivity index (χ1n) is 5.47. The molecule has 1 aromatic carbocycles. The number of halogens is 1. The van der Waals surface area contributed by atoms with Crippen LogP contribution in [0, 0.1) is 5.92 Å². The molecule has 0 bridgehead atoms. The van der Waals surface area contributed by atoms with Crippen LogP contribution in [0.4, 0.5) is 5.82 Å². The Hall–Kier alpha value is -1.36. The quantitative estimate of drug-likeness (QED) is 0.942. The number of carbonyl (C=O) groups excluding carboxylic acids is 1. The van der Waals surface area contributed by atoms with Gasteiger partial charge in [-0.25, -0.2) is 0 Å². The number of fused-ring (bicyclic) bond motifs is 1. The molecule has 0 aliphatic carbocycles. The number of rotatable bonds is 3. The van der Waals surface area contributed by atoms with E-state index in [-0.39, 0.29) is 11.8 Å². The van der Waals surface area contributed by atoms with Gasteiger partial charge in [0.25, 0.3) is 0 Å². The number of benzene rings is 1. The number of amides is 1. The highest BCUT2D eigenvalue weighted by Gasteiger charge is 2.15. The second-order valence-electron chi connectivity index (χ2n) is 3.97. The van der Waals surface area contributed by atoms with E-state index in [9.17, 15) is 4.79 Å². The molecule has 1 heterocycles. The zero-order valence-corrected chi connectivity index (χ0v) is 11.2. The molecule has 0 radical (unpaired) electrons. The summed E-state index contributed by atoms with van der Waals surface area (Å²) in [4.78, 5) is 11.8. The molecule has 5 heteroatoms. The number of nitrogens with one attached hydrogen (secondary N) is 1. The Morgan fingerprint density at radius 2 is 2.35 bits per heavy atom. The number of hydrogen-bond donors (Lipinski definition) is 1. The summed E-state index contributed by atoms with van der Waals surface area (Å²) in [5, 5.41) is 7.45. The molecule has 2 rings (SSSR count).